The molecule has 0 atom stereocenters. The molecule has 1 aromatic heterocycles. The number of aromatic nitrogens is 2. The van der Waals surface area contributed by atoms with Crippen LogP contribution in [0.3, 0.4) is 0 Å². The topological polar surface area (TPSA) is 67.4 Å². The van der Waals surface area contributed by atoms with Gasteiger partial charge in [-0.2, -0.15) is 0 Å². The van der Waals surface area contributed by atoms with Crippen LogP contribution in [0.25, 0.3) is 10.9 Å². The molecule has 1 aromatic carbocycles. The van der Waals surface area contributed by atoms with Gasteiger partial charge in [-0.25, -0.2) is 14.8 Å². The number of hydrogen-bond donors (Lipinski definition) is 1. The molecule has 0 spiro atoms. The number of piperidine rings is 1. The van der Waals surface area contributed by atoms with Crippen molar-refractivity contribution in [1.82, 2.24) is 15.3 Å². The fourth-order valence-electron chi connectivity index (χ4n) is 3.11. The first-order valence-corrected chi connectivity index (χ1v) is 8.78. The minimum atomic E-state index is -0.469. The lowest BCUT2D eigenvalue weighted by molar-refractivity contribution is 0.0497. The molecule has 1 aliphatic rings. The van der Waals surface area contributed by atoms with Gasteiger partial charge in [-0.1, -0.05) is 6.07 Å². The second-order valence-corrected chi connectivity index (χ2v) is 7.63. The van der Waals surface area contributed by atoms with Gasteiger partial charge in [0.05, 0.1) is 5.52 Å². The average Bonchev–Trinajstić information content (AvgIpc) is 2.53. The van der Waals surface area contributed by atoms with E-state index in [1.54, 1.807) is 6.33 Å². The van der Waals surface area contributed by atoms with Crippen molar-refractivity contribution in [3.8, 4) is 0 Å². The van der Waals surface area contributed by atoms with Crippen LogP contribution in [0.4, 0.5) is 10.6 Å². The Morgan fingerprint density at radius 2 is 1.96 bits per heavy atom. The number of hydrogen-bond acceptors (Lipinski definition) is 5. The molecule has 0 saturated carbocycles. The Kier molecular flexibility index (Phi) is 4.79. The third kappa shape index (κ3) is 4.38. The van der Waals surface area contributed by atoms with Crippen LogP contribution in [-0.2, 0) is 4.74 Å². The van der Waals surface area contributed by atoms with E-state index >= 15 is 0 Å². The number of nitrogens with zero attached hydrogens (tertiary/aromatic N) is 3. The highest BCUT2D eigenvalue weighted by Gasteiger charge is 2.25. The predicted molar refractivity (Wildman–Crippen MR) is 98.9 cm³/mol. The number of rotatable bonds is 2. The van der Waals surface area contributed by atoms with Gasteiger partial charge >= 0.3 is 6.09 Å². The summed E-state index contributed by atoms with van der Waals surface area (Å²) in [6.45, 7) is 9.38. The summed E-state index contributed by atoms with van der Waals surface area (Å²) in [6, 6.07) is 6.40. The van der Waals surface area contributed by atoms with Crippen LogP contribution in [0.2, 0.25) is 0 Å². The maximum Gasteiger partial charge on any atom is 0.407 e. The number of fused-ring (bicyclic) bond motifs is 1. The summed E-state index contributed by atoms with van der Waals surface area (Å²) >= 11 is 0. The van der Waals surface area contributed by atoms with Gasteiger partial charge in [-0.15, -0.1) is 0 Å². The van der Waals surface area contributed by atoms with Crippen molar-refractivity contribution in [3.63, 3.8) is 0 Å². The fraction of sp³-hybridized carbons (Fsp3) is 0.526. The monoisotopic (exact) mass is 342 g/mol. The number of aryl methyl sites for hydroxylation is 1. The molecule has 1 fully saturated rings. The predicted octanol–water partition coefficient (Wildman–Crippen LogP) is 3.43. The zero-order chi connectivity index (χ0) is 18.0. The number of alkyl carbamates (subject to hydrolysis) is 1. The first kappa shape index (κ1) is 17.5. The van der Waals surface area contributed by atoms with Gasteiger partial charge in [-0.05, 0) is 58.2 Å². The standard InChI is InChI=1S/C19H26N4O2/c1-13-5-6-15-16(11-13)20-12-21-17(15)23-9-7-14(8-10-23)22-18(24)25-19(2,3)4/h5-6,11-12,14H,7-10H2,1-4H3,(H,22,24). The van der Waals surface area contributed by atoms with E-state index in [4.69, 9.17) is 4.74 Å². The van der Waals surface area contributed by atoms with E-state index in [2.05, 4.69) is 45.3 Å². The fourth-order valence-corrected chi connectivity index (χ4v) is 3.11. The summed E-state index contributed by atoms with van der Waals surface area (Å²) in [4.78, 5) is 23.1. The van der Waals surface area contributed by atoms with Gasteiger partial charge in [0.2, 0.25) is 0 Å². The highest BCUT2D eigenvalue weighted by atomic mass is 16.6. The molecular formula is C19H26N4O2. The van der Waals surface area contributed by atoms with Crippen molar-refractivity contribution in [2.75, 3.05) is 18.0 Å². The lowest BCUT2D eigenvalue weighted by atomic mass is 10.0. The molecule has 25 heavy (non-hydrogen) atoms. The zero-order valence-corrected chi connectivity index (χ0v) is 15.4. The number of carbonyl (C=O) groups excluding carboxylic acids is 1. The van der Waals surface area contributed by atoms with Crippen LogP contribution < -0.4 is 10.2 Å². The van der Waals surface area contributed by atoms with Gasteiger partial charge in [0.25, 0.3) is 0 Å². The van der Waals surface area contributed by atoms with E-state index in [9.17, 15) is 4.79 Å². The van der Waals surface area contributed by atoms with E-state index in [0.717, 1.165) is 42.7 Å². The molecular weight excluding hydrogens is 316 g/mol. The summed E-state index contributed by atoms with van der Waals surface area (Å²) < 4.78 is 5.34. The Morgan fingerprint density at radius 3 is 2.64 bits per heavy atom. The summed E-state index contributed by atoms with van der Waals surface area (Å²) in [5.74, 6) is 0.973. The molecule has 0 aliphatic carbocycles. The van der Waals surface area contributed by atoms with Gasteiger partial charge in [0.1, 0.15) is 17.7 Å². The molecule has 2 aromatic rings. The number of anilines is 1. The lowest BCUT2D eigenvalue weighted by Crippen LogP contribution is -2.46. The van der Waals surface area contributed by atoms with Crippen molar-refractivity contribution in [3.05, 3.63) is 30.1 Å². The molecule has 1 aliphatic heterocycles. The maximum atomic E-state index is 11.9. The second-order valence-electron chi connectivity index (χ2n) is 7.63. The van der Waals surface area contributed by atoms with E-state index in [1.165, 1.54) is 5.56 Å². The van der Waals surface area contributed by atoms with Crippen molar-refractivity contribution in [1.29, 1.82) is 0 Å². The van der Waals surface area contributed by atoms with Crippen LogP contribution in [0.1, 0.15) is 39.2 Å². The quantitative estimate of drug-likeness (QED) is 0.905. The Balaban J connectivity index is 1.64. The number of amides is 1. The smallest absolute Gasteiger partial charge is 0.407 e. The summed E-state index contributed by atoms with van der Waals surface area (Å²) in [5.41, 5.74) is 1.69. The van der Waals surface area contributed by atoms with Crippen molar-refractivity contribution >= 4 is 22.8 Å². The third-order valence-corrected chi connectivity index (χ3v) is 4.29. The molecule has 3 rings (SSSR count). The normalized spacial score (nSPS) is 16.1. The van der Waals surface area contributed by atoms with Crippen molar-refractivity contribution in [2.24, 2.45) is 0 Å². The Hall–Kier alpha value is -2.37. The van der Waals surface area contributed by atoms with Crippen LogP contribution >= 0.6 is 0 Å². The third-order valence-electron chi connectivity index (χ3n) is 4.29. The molecule has 0 bridgehead atoms. The van der Waals surface area contributed by atoms with Gasteiger partial charge in [0.15, 0.2) is 0 Å². The molecule has 6 heteroatoms. The lowest BCUT2D eigenvalue weighted by Gasteiger charge is -2.34. The Bertz CT molecular complexity index is 762. The van der Waals surface area contributed by atoms with E-state index in [1.807, 2.05) is 20.8 Å². The Labute approximate surface area is 148 Å². The molecule has 2 heterocycles. The van der Waals surface area contributed by atoms with E-state index < -0.39 is 5.60 Å². The van der Waals surface area contributed by atoms with E-state index in [0.29, 0.717) is 0 Å². The van der Waals surface area contributed by atoms with Crippen LogP contribution in [0.15, 0.2) is 24.5 Å². The Morgan fingerprint density at radius 1 is 1.24 bits per heavy atom. The number of benzene rings is 1. The largest absolute Gasteiger partial charge is 0.444 e. The molecule has 1 amide bonds. The molecule has 0 radical (unpaired) electrons. The van der Waals surface area contributed by atoms with Gasteiger partial charge in [-0.3, -0.25) is 0 Å². The molecule has 0 unspecified atom stereocenters. The van der Waals surface area contributed by atoms with Crippen LogP contribution in [0.5, 0.6) is 0 Å². The van der Waals surface area contributed by atoms with Crippen LogP contribution in [0, 0.1) is 6.92 Å². The van der Waals surface area contributed by atoms with Crippen molar-refractivity contribution in [2.45, 2.75) is 52.2 Å². The number of nitrogens with one attached hydrogen (secondary N) is 1. The summed E-state index contributed by atoms with van der Waals surface area (Å²) in [6.07, 6.45) is 3.03. The first-order valence-electron chi connectivity index (χ1n) is 8.78. The number of carbonyl (C=O) groups is 1. The molecule has 1 saturated heterocycles. The maximum absolute atomic E-state index is 11.9. The zero-order valence-electron chi connectivity index (χ0n) is 15.4. The van der Waals surface area contributed by atoms with E-state index in [-0.39, 0.29) is 12.1 Å². The summed E-state index contributed by atoms with van der Waals surface area (Å²) in [5, 5.41) is 4.05. The van der Waals surface area contributed by atoms with Crippen molar-refractivity contribution < 1.29 is 9.53 Å². The minimum absolute atomic E-state index is 0.140. The highest BCUT2D eigenvalue weighted by Crippen LogP contribution is 2.26. The average molecular weight is 342 g/mol. The molecule has 134 valence electrons. The number of ether oxygens (including phenoxy) is 1. The SMILES string of the molecule is Cc1ccc2c(N3CCC(NC(=O)OC(C)(C)C)CC3)ncnc2c1. The highest BCUT2D eigenvalue weighted by molar-refractivity contribution is 5.89. The first-order chi connectivity index (χ1) is 11.8. The van der Waals surface area contributed by atoms with Gasteiger partial charge in [0, 0.05) is 24.5 Å². The second kappa shape index (κ2) is 6.86. The molecule has 1 N–H and O–H groups in total. The summed E-state index contributed by atoms with van der Waals surface area (Å²) in [7, 11) is 0. The molecule has 6 nitrogen and oxygen atoms in total. The van der Waals surface area contributed by atoms with Gasteiger partial charge < -0.3 is 15.0 Å². The van der Waals surface area contributed by atoms with Crippen LogP contribution in [-0.4, -0.2) is 40.8 Å². The minimum Gasteiger partial charge on any atom is -0.444 e.